The highest BCUT2D eigenvalue weighted by Gasteiger charge is 2.29. The van der Waals surface area contributed by atoms with Crippen molar-refractivity contribution in [1.29, 1.82) is 0 Å². The molecule has 2 N–H and O–H groups in total. The number of ether oxygens (including phenoxy) is 1. The highest BCUT2D eigenvalue weighted by molar-refractivity contribution is 7.15. The Morgan fingerprint density at radius 2 is 2.39 bits per heavy atom. The molecule has 1 unspecified atom stereocenters. The van der Waals surface area contributed by atoms with Crippen molar-refractivity contribution in [1.82, 2.24) is 14.9 Å². The molecule has 0 spiro atoms. The molecule has 6 nitrogen and oxygen atoms in total. The fraction of sp³-hybridized carbons (Fsp3) is 0.500. The Morgan fingerprint density at radius 3 is 3.09 bits per heavy atom. The third-order valence-corrected chi connectivity index (χ3v) is 5.34. The van der Waals surface area contributed by atoms with E-state index in [1.165, 1.54) is 22.7 Å². The van der Waals surface area contributed by atoms with Crippen LogP contribution in [-0.2, 0) is 11.3 Å². The van der Waals surface area contributed by atoms with Crippen LogP contribution in [-0.4, -0.2) is 34.0 Å². The van der Waals surface area contributed by atoms with E-state index in [1.54, 1.807) is 12.3 Å². The largest absolute Gasteiger partial charge is 0.461 e. The molecule has 2 aromatic heterocycles. The molecule has 0 aliphatic carbocycles. The first-order chi connectivity index (χ1) is 10.7. The Bertz CT molecular complexity index is 661. The minimum Gasteiger partial charge on any atom is -0.461 e. The van der Waals surface area contributed by atoms with Crippen molar-refractivity contribution in [2.24, 2.45) is 0 Å². The van der Waals surface area contributed by atoms with Crippen LogP contribution in [0.4, 0.5) is 5.13 Å². The zero-order valence-electron chi connectivity index (χ0n) is 12.7. The molecule has 0 amide bonds. The minimum absolute atomic E-state index is 0. The van der Waals surface area contributed by atoms with Gasteiger partial charge in [0.15, 0.2) is 10.8 Å². The molecule has 0 radical (unpaired) electrons. The second-order valence-electron chi connectivity index (χ2n) is 5.08. The third-order valence-electron chi connectivity index (χ3n) is 3.59. The van der Waals surface area contributed by atoms with Crippen LogP contribution in [0.15, 0.2) is 11.6 Å². The van der Waals surface area contributed by atoms with E-state index in [4.69, 9.17) is 10.5 Å². The average Bonchev–Trinajstić information content (AvgIpc) is 3.20. The summed E-state index contributed by atoms with van der Waals surface area (Å²) in [6, 6.07) is 0.261. The monoisotopic (exact) mass is 374 g/mol. The zero-order valence-corrected chi connectivity index (χ0v) is 15.2. The number of nitrogens with zero attached hydrogens (tertiary/aromatic N) is 3. The molecule has 0 bridgehead atoms. The van der Waals surface area contributed by atoms with Crippen LogP contribution in [0.25, 0.3) is 0 Å². The second kappa shape index (κ2) is 8.05. The maximum absolute atomic E-state index is 11.7. The number of halogens is 1. The Labute approximate surface area is 149 Å². The quantitative estimate of drug-likeness (QED) is 0.810. The van der Waals surface area contributed by atoms with Gasteiger partial charge in [0.1, 0.15) is 5.01 Å². The van der Waals surface area contributed by atoms with Crippen LogP contribution in [0, 0.1) is 0 Å². The maximum Gasteiger partial charge on any atom is 0.357 e. The standard InChI is InChI=1S/C14H18N4O2S2.ClH/c1-2-20-13(19)10-8-21-12(17-10)11-4-3-5-18(11)7-9-6-16-14(15)22-9;/h6,8,11H,2-5,7H2,1H3,(H2,15,16);1H. The lowest BCUT2D eigenvalue weighted by atomic mass is 10.2. The summed E-state index contributed by atoms with van der Waals surface area (Å²) in [5, 5.41) is 3.37. The molecule has 3 heterocycles. The lowest BCUT2D eigenvalue weighted by Gasteiger charge is -2.21. The Hall–Kier alpha value is -1.22. The lowest BCUT2D eigenvalue weighted by molar-refractivity contribution is 0.0520. The fourth-order valence-electron chi connectivity index (χ4n) is 2.63. The molecule has 1 aliphatic rings. The third kappa shape index (κ3) is 4.20. The van der Waals surface area contributed by atoms with Crippen LogP contribution in [0.1, 0.15) is 46.2 Å². The molecule has 2 aromatic rings. The van der Waals surface area contributed by atoms with E-state index in [0.29, 0.717) is 17.4 Å². The van der Waals surface area contributed by atoms with Gasteiger partial charge < -0.3 is 10.5 Å². The highest BCUT2D eigenvalue weighted by atomic mass is 35.5. The maximum atomic E-state index is 11.7. The predicted octanol–water partition coefficient (Wildman–Crippen LogP) is 3.12. The number of carbonyl (C=O) groups excluding carboxylic acids is 1. The van der Waals surface area contributed by atoms with Crippen molar-refractivity contribution in [2.45, 2.75) is 32.4 Å². The number of anilines is 1. The van der Waals surface area contributed by atoms with Crippen molar-refractivity contribution in [2.75, 3.05) is 18.9 Å². The summed E-state index contributed by atoms with van der Waals surface area (Å²) >= 11 is 3.05. The van der Waals surface area contributed by atoms with Crippen molar-refractivity contribution in [3.8, 4) is 0 Å². The predicted molar refractivity (Wildman–Crippen MR) is 94.2 cm³/mol. The molecule has 1 saturated heterocycles. The molecule has 0 saturated carbocycles. The van der Waals surface area contributed by atoms with E-state index in [9.17, 15) is 4.79 Å². The number of thiazole rings is 2. The smallest absolute Gasteiger partial charge is 0.357 e. The number of nitrogens with two attached hydrogens (primary N) is 1. The van der Waals surface area contributed by atoms with Gasteiger partial charge in [-0.15, -0.1) is 35.1 Å². The zero-order chi connectivity index (χ0) is 15.5. The van der Waals surface area contributed by atoms with Gasteiger partial charge in [0, 0.05) is 23.0 Å². The number of aromatic nitrogens is 2. The van der Waals surface area contributed by atoms with E-state index >= 15 is 0 Å². The highest BCUT2D eigenvalue weighted by Crippen LogP contribution is 2.35. The van der Waals surface area contributed by atoms with Crippen LogP contribution < -0.4 is 5.73 Å². The molecule has 3 rings (SSSR count). The van der Waals surface area contributed by atoms with Gasteiger partial charge in [-0.25, -0.2) is 14.8 Å². The van der Waals surface area contributed by atoms with E-state index in [1.807, 2.05) is 6.20 Å². The molecule has 1 fully saturated rings. The van der Waals surface area contributed by atoms with Crippen molar-refractivity contribution < 1.29 is 9.53 Å². The Balaban J connectivity index is 0.00000192. The van der Waals surface area contributed by atoms with Gasteiger partial charge in [0.05, 0.1) is 12.6 Å². The first kappa shape index (κ1) is 18.1. The van der Waals surface area contributed by atoms with E-state index in [0.717, 1.165) is 35.8 Å². The molecule has 1 aliphatic heterocycles. The van der Waals surface area contributed by atoms with Gasteiger partial charge in [-0.2, -0.15) is 0 Å². The summed E-state index contributed by atoms with van der Waals surface area (Å²) in [7, 11) is 0. The SMILES string of the molecule is CCOC(=O)c1csc(C2CCCN2Cc2cnc(N)s2)n1.Cl. The number of carbonyl (C=O) groups is 1. The Kier molecular flexibility index (Phi) is 6.34. The van der Waals surface area contributed by atoms with Gasteiger partial charge in [-0.3, -0.25) is 4.90 Å². The number of hydrogen-bond donors (Lipinski definition) is 1. The van der Waals surface area contributed by atoms with E-state index in [2.05, 4.69) is 14.9 Å². The topological polar surface area (TPSA) is 81.3 Å². The molecule has 9 heteroatoms. The van der Waals surface area contributed by atoms with Gasteiger partial charge in [-0.1, -0.05) is 0 Å². The van der Waals surface area contributed by atoms with Gasteiger partial charge in [0.25, 0.3) is 0 Å². The molecule has 23 heavy (non-hydrogen) atoms. The van der Waals surface area contributed by atoms with Crippen molar-refractivity contribution in [3.63, 3.8) is 0 Å². The van der Waals surface area contributed by atoms with Crippen LogP contribution in [0.5, 0.6) is 0 Å². The lowest BCUT2D eigenvalue weighted by Crippen LogP contribution is -2.22. The van der Waals surface area contributed by atoms with Crippen LogP contribution in [0.2, 0.25) is 0 Å². The summed E-state index contributed by atoms with van der Waals surface area (Å²) in [5.74, 6) is -0.343. The summed E-state index contributed by atoms with van der Waals surface area (Å²) in [4.78, 5) is 23.8. The second-order valence-corrected chi connectivity index (χ2v) is 7.12. The summed E-state index contributed by atoms with van der Waals surface area (Å²) in [5.41, 5.74) is 6.10. The summed E-state index contributed by atoms with van der Waals surface area (Å²) in [6.07, 6.45) is 4.03. The number of likely N-dealkylation sites (tertiary alicyclic amines) is 1. The van der Waals surface area contributed by atoms with Crippen LogP contribution in [0.3, 0.4) is 0 Å². The molecular weight excluding hydrogens is 356 g/mol. The molecule has 126 valence electrons. The number of rotatable bonds is 5. The Morgan fingerprint density at radius 1 is 1.57 bits per heavy atom. The van der Waals surface area contributed by atoms with Gasteiger partial charge >= 0.3 is 5.97 Å². The normalized spacial score (nSPS) is 17.9. The first-order valence-corrected chi connectivity index (χ1v) is 8.93. The van der Waals surface area contributed by atoms with E-state index in [-0.39, 0.29) is 24.4 Å². The number of nitrogen functional groups attached to an aromatic ring is 1. The van der Waals surface area contributed by atoms with Crippen molar-refractivity contribution >= 4 is 46.2 Å². The molecule has 1 atom stereocenters. The van der Waals surface area contributed by atoms with E-state index < -0.39 is 0 Å². The van der Waals surface area contributed by atoms with Gasteiger partial charge in [0.2, 0.25) is 0 Å². The molecular formula is C14H19ClN4O2S2. The fourth-order valence-corrected chi connectivity index (χ4v) is 4.30. The first-order valence-electron chi connectivity index (χ1n) is 7.24. The van der Waals surface area contributed by atoms with Crippen LogP contribution >= 0.6 is 35.1 Å². The average molecular weight is 375 g/mol. The molecule has 0 aromatic carbocycles. The number of hydrogen-bond acceptors (Lipinski definition) is 8. The van der Waals surface area contributed by atoms with Gasteiger partial charge in [-0.05, 0) is 26.3 Å². The minimum atomic E-state index is -0.343. The summed E-state index contributed by atoms with van der Waals surface area (Å²) in [6.45, 7) is 4.02. The van der Waals surface area contributed by atoms with Crippen molar-refractivity contribution in [3.05, 3.63) is 27.2 Å². The number of esters is 1. The summed E-state index contributed by atoms with van der Waals surface area (Å²) < 4.78 is 5.00.